The molecule has 0 amide bonds. The zero-order valence-electron chi connectivity index (χ0n) is 48.0. The van der Waals surface area contributed by atoms with Gasteiger partial charge in [-0.1, -0.05) is 308 Å². The maximum Gasteiger partial charge on any atom is 0.306 e. The molecule has 0 spiro atoms. The number of rotatable bonds is 59. The van der Waals surface area contributed by atoms with Crippen LogP contribution in [0.5, 0.6) is 0 Å². The van der Waals surface area contributed by atoms with Crippen LogP contribution in [0.15, 0.2) is 24.3 Å². The topological polar surface area (TPSA) is 78.9 Å². The summed E-state index contributed by atoms with van der Waals surface area (Å²) < 4.78 is 16.9. The monoisotopic (exact) mass is 999 g/mol. The lowest BCUT2D eigenvalue weighted by Crippen LogP contribution is -2.30. The number of carbonyl (C=O) groups excluding carboxylic acids is 3. The van der Waals surface area contributed by atoms with Crippen molar-refractivity contribution in [1.82, 2.24) is 0 Å². The third kappa shape index (κ3) is 58.7. The molecule has 71 heavy (non-hydrogen) atoms. The quantitative estimate of drug-likeness (QED) is 0.0261. The van der Waals surface area contributed by atoms with Crippen molar-refractivity contribution in [3.05, 3.63) is 24.3 Å². The molecule has 1 atom stereocenters. The lowest BCUT2D eigenvalue weighted by molar-refractivity contribution is -0.167. The number of allylic oxidation sites excluding steroid dienone is 4. The predicted octanol–water partition coefficient (Wildman–Crippen LogP) is 21.4. The molecular weight excluding hydrogens is 877 g/mol. The molecule has 0 aliphatic heterocycles. The predicted molar refractivity (Wildman–Crippen MR) is 307 cm³/mol. The van der Waals surface area contributed by atoms with Crippen LogP contribution in [0.4, 0.5) is 0 Å². The number of hydrogen-bond donors (Lipinski definition) is 0. The van der Waals surface area contributed by atoms with E-state index in [1.165, 1.54) is 250 Å². The van der Waals surface area contributed by atoms with Gasteiger partial charge in [0.15, 0.2) is 6.10 Å². The third-order valence-corrected chi connectivity index (χ3v) is 14.5. The lowest BCUT2D eigenvalue weighted by Gasteiger charge is -2.18. The van der Waals surface area contributed by atoms with E-state index >= 15 is 0 Å². The van der Waals surface area contributed by atoms with Crippen LogP contribution in [-0.2, 0) is 28.6 Å². The number of hydrogen-bond acceptors (Lipinski definition) is 6. The van der Waals surface area contributed by atoms with Gasteiger partial charge in [-0.3, -0.25) is 14.4 Å². The first-order chi connectivity index (χ1) is 35.0. The highest BCUT2D eigenvalue weighted by Gasteiger charge is 2.19. The molecule has 0 aromatic heterocycles. The smallest absolute Gasteiger partial charge is 0.306 e. The number of unbranched alkanes of at least 4 members (excludes halogenated alkanes) is 44. The Balaban J connectivity index is 4.21. The molecule has 0 aliphatic rings. The Hall–Kier alpha value is -2.11. The molecule has 0 rings (SSSR count). The average molecular weight is 1000 g/mol. The van der Waals surface area contributed by atoms with Gasteiger partial charge in [0, 0.05) is 19.3 Å². The van der Waals surface area contributed by atoms with Crippen LogP contribution in [-0.4, -0.2) is 37.2 Å². The highest BCUT2D eigenvalue weighted by molar-refractivity contribution is 5.71. The van der Waals surface area contributed by atoms with Crippen LogP contribution in [0.1, 0.15) is 355 Å². The van der Waals surface area contributed by atoms with Crippen LogP contribution in [0.2, 0.25) is 0 Å². The molecule has 0 N–H and O–H groups in total. The van der Waals surface area contributed by atoms with Gasteiger partial charge in [0.1, 0.15) is 13.2 Å². The van der Waals surface area contributed by atoms with E-state index in [1.807, 2.05) is 0 Å². The van der Waals surface area contributed by atoms with Gasteiger partial charge in [0.05, 0.1) is 0 Å². The number of carbonyl (C=O) groups is 3. The fourth-order valence-corrected chi connectivity index (χ4v) is 9.65. The van der Waals surface area contributed by atoms with Crippen molar-refractivity contribution < 1.29 is 28.6 Å². The molecule has 0 aromatic carbocycles. The third-order valence-electron chi connectivity index (χ3n) is 14.5. The van der Waals surface area contributed by atoms with Gasteiger partial charge in [-0.15, -0.1) is 0 Å². The van der Waals surface area contributed by atoms with Gasteiger partial charge in [0.2, 0.25) is 0 Å². The van der Waals surface area contributed by atoms with Crippen molar-refractivity contribution in [2.24, 2.45) is 0 Å². The maximum absolute atomic E-state index is 12.9. The average Bonchev–Trinajstić information content (AvgIpc) is 3.37. The molecule has 0 aliphatic carbocycles. The van der Waals surface area contributed by atoms with Crippen molar-refractivity contribution in [2.75, 3.05) is 13.2 Å². The van der Waals surface area contributed by atoms with E-state index in [0.717, 1.165) is 64.2 Å². The summed E-state index contributed by atoms with van der Waals surface area (Å²) in [6.07, 6.45) is 71.8. The maximum atomic E-state index is 12.9. The Morgan fingerprint density at radius 1 is 0.282 bits per heavy atom. The molecule has 6 heteroatoms. The minimum absolute atomic E-state index is 0.0648. The summed E-state index contributed by atoms with van der Waals surface area (Å²) in [7, 11) is 0. The summed E-state index contributed by atoms with van der Waals surface area (Å²) in [6.45, 7) is 6.69. The summed E-state index contributed by atoms with van der Waals surface area (Å²) in [5.74, 6) is -0.839. The largest absolute Gasteiger partial charge is 0.462 e. The van der Waals surface area contributed by atoms with E-state index in [-0.39, 0.29) is 31.1 Å². The van der Waals surface area contributed by atoms with Crippen LogP contribution in [0.25, 0.3) is 0 Å². The first kappa shape index (κ1) is 68.9. The Bertz CT molecular complexity index is 1150. The summed E-state index contributed by atoms with van der Waals surface area (Å²) in [6, 6.07) is 0. The highest BCUT2D eigenvalue weighted by atomic mass is 16.6. The molecule has 0 bridgehead atoms. The molecule has 0 radical (unpaired) electrons. The Kier molecular flexibility index (Phi) is 58.6. The van der Waals surface area contributed by atoms with Crippen LogP contribution in [0, 0.1) is 0 Å². The molecule has 0 fully saturated rings. The van der Waals surface area contributed by atoms with Crippen molar-refractivity contribution in [1.29, 1.82) is 0 Å². The minimum Gasteiger partial charge on any atom is -0.462 e. The molecule has 6 nitrogen and oxygen atoms in total. The first-order valence-electron chi connectivity index (χ1n) is 31.8. The molecular formula is C65H122O6. The van der Waals surface area contributed by atoms with E-state index in [0.29, 0.717) is 19.3 Å². The van der Waals surface area contributed by atoms with E-state index in [9.17, 15) is 14.4 Å². The van der Waals surface area contributed by atoms with Gasteiger partial charge >= 0.3 is 17.9 Å². The summed E-state index contributed by atoms with van der Waals surface area (Å²) in [5, 5.41) is 0. The standard InChI is InChI=1S/C65H122O6/c1-4-7-10-13-16-19-22-25-27-29-30-31-32-33-34-35-36-37-39-40-43-46-49-52-55-58-64(67)70-61-62(60-69-63(66)57-54-51-48-45-42-24-21-18-15-12-9-6-3)71-65(68)59-56-53-50-47-44-41-38-28-26-23-20-17-14-11-8-5-2/h22,25,29-30,62H,4-21,23-24,26-28,31-61H2,1-3H3/b25-22-,30-29-. The van der Waals surface area contributed by atoms with Crippen molar-refractivity contribution >= 4 is 17.9 Å². The molecule has 418 valence electrons. The Morgan fingerprint density at radius 3 is 0.775 bits per heavy atom. The van der Waals surface area contributed by atoms with Gasteiger partial charge in [-0.25, -0.2) is 0 Å². The van der Waals surface area contributed by atoms with Gasteiger partial charge in [0.25, 0.3) is 0 Å². The second-order valence-corrected chi connectivity index (χ2v) is 21.7. The van der Waals surface area contributed by atoms with Gasteiger partial charge in [-0.05, 0) is 51.4 Å². The zero-order valence-corrected chi connectivity index (χ0v) is 48.0. The zero-order chi connectivity index (χ0) is 51.4. The molecule has 0 saturated carbocycles. The van der Waals surface area contributed by atoms with E-state index in [1.54, 1.807) is 0 Å². The number of esters is 3. The van der Waals surface area contributed by atoms with E-state index in [4.69, 9.17) is 14.2 Å². The molecule has 0 heterocycles. The summed E-state index contributed by atoms with van der Waals surface area (Å²) in [5.41, 5.74) is 0. The van der Waals surface area contributed by atoms with Crippen LogP contribution in [0.3, 0.4) is 0 Å². The van der Waals surface area contributed by atoms with Gasteiger partial charge < -0.3 is 14.2 Å². The normalized spacial score (nSPS) is 12.1. The Morgan fingerprint density at radius 2 is 0.507 bits per heavy atom. The van der Waals surface area contributed by atoms with Crippen molar-refractivity contribution in [2.45, 2.75) is 361 Å². The second kappa shape index (κ2) is 60.4. The van der Waals surface area contributed by atoms with Crippen LogP contribution < -0.4 is 0 Å². The lowest BCUT2D eigenvalue weighted by atomic mass is 10.0. The molecule has 0 aromatic rings. The van der Waals surface area contributed by atoms with Gasteiger partial charge in [-0.2, -0.15) is 0 Å². The number of ether oxygens (including phenoxy) is 3. The summed E-state index contributed by atoms with van der Waals surface area (Å²) >= 11 is 0. The van der Waals surface area contributed by atoms with Crippen molar-refractivity contribution in [3.8, 4) is 0 Å². The SMILES string of the molecule is CCCCCCC/C=C\C/C=C\CCCCCCCCCCCCCCCC(=O)OCC(COC(=O)CCCCCCCCCCCCCC)OC(=O)CCCCCCCCCCCCCCCCCC. The summed E-state index contributed by atoms with van der Waals surface area (Å²) in [4.78, 5) is 38.2. The fraction of sp³-hybridized carbons (Fsp3) is 0.892. The molecule has 0 saturated heterocycles. The minimum atomic E-state index is -0.766. The van der Waals surface area contributed by atoms with E-state index < -0.39 is 6.10 Å². The van der Waals surface area contributed by atoms with Crippen LogP contribution >= 0.6 is 0 Å². The van der Waals surface area contributed by atoms with Crippen molar-refractivity contribution in [3.63, 3.8) is 0 Å². The Labute approximate surface area is 443 Å². The fourth-order valence-electron chi connectivity index (χ4n) is 9.65. The van der Waals surface area contributed by atoms with E-state index in [2.05, 4.69) is 45.1 Å². The second-order valence-electron chi connectivity index (χ2n) is 21.7. The first-order valence-corrected chi connectivity index (χ1v) is 31.8. The molecule has 1 unspecified atom stereocenters. The highest BCUT2D eigenvalue weighted by Crippen LogP contribution is 2.18.